The summed E-state index contributed by atoms with van der Waals surface area (Å²) in [6, 6.07) is 5.66. The van der Waals surface area contributed by atoms with Crippen molar-refractivity contribution >= 4 is 96.1 Å². The van der Waals surface area contributed by atoms with Gasteiger partial charge in [-0.15, -0.1) is 0 Å². The van der Waals surface area contributed by atoms with E-state index in [1.165, 1.54) is 0 Å². The number of hydrogen-bond donors (Lipinski definition) is 4. The van der Waals surface area contributed by atoms with E-state index in [0.717, 1.165) is 0 Å². The predicted molar refractivity (Wildman–Crippen MR) is 183 cm³/mol. The first-order chi connectivity index (χ1) is 22.0. The van der Waals surface area contributed by atoms with E-state index in [1.54, 1.807) is 30.3 Å². The Hall–Kier alpha value is -1.01. The quantitative estimate of drug-likeness (QED) is 0.0899. The van der Waals surface area contributed by atoms with Gasteiger partial charge in [0.05, 0.1) is 13.2 Å². The highest BCUT2D eigenvalue weighted by atomic mass is 35.6. The Labute approximate surface area is 310 Å². The zero-order chi connectivity index (χ0) is 36.5. The van der Waals surface area contributed by atoms with Crippen LogP contribution >= 0.6 is 69.6 Å². The second-order valence-electron chi connectivity index (χ2n) is 12.3. The Balaban J connectivity index is 2.29. The summed E-state index contributed by atoms with van der Waals surface area (Å²) in [6.07, 6.45) is -8.30. The molecule has 13 nitrogen and oxygen atoms in total. The standard InChI is InChI=1S/C28H40Cl6N2O11Si/c1-26(2,3)48(4,5)46-13-18-20(37)21(38)19(36-25(41)45-15-28(32,33)34)23(47-18)43-12-17(35-24(40)44-14-27(29,30)31)22(39)42-11-16-9-7-6-8-10-16/h6-10,17-21,23,37-38H,11-15H2,1-5H3,(H,35,40)(H,36,41)/t17?,18?,19?,20-,21+,23+/m0/s1. The molecule has 3 unspecified atom stereocenters. The maximum Gasteiger partial charge on any atom is 0.408 e. The molecule has 0 saturated carbocycles. The first kappa shape index (κ1) is 43.2. The smallest absolute Gasteiger partial charge is 0.408 e. The number of hydrogen-bond acceptors (Lipinski definition) is 11. The number of esters is 1. The SMILES string of the molecule is CC(C)(C)[Si](C)(C)OCC1O[C@@H](OCC(NC(=O)OCC(Cl)(Cl)Cl)C(=O)OCc2ccccc2)C(NC(=O)OCC(Cl)(Cl)Cl)[C@@H](O)[C@H]1O. The Morgan fingerprint density at radius 2 is 1.46 bits per heavy atom. The number of ether oxygens (including phenoxy) is 5. The molecule has 0 spiro atoms. The van der Waals surface area contributed by atoms with Gasteiger partial charge in [-0.2, -0.15) is 0 Å². The number of carbonyl (C=O) groups excluding carboxylic acids is 3. The van der Waals surface area contributed by atoms with Crippen LogP contribution in [-0.2, 0) is 39.5 Å². The largest absolute Gasteiger partial charge is 0.459 e. The maximum atomic E-state index is 13.1. The minimum Gasteiger partial charge on any atom is -0.459 e. The van der Waals surface area contributed by atoms with Crippen molar-refractivity contribution in [2.75, 3.05) is 26.4 Å². The van der Waals surface area contributed by atoms with Gasteiger partial charge in [-0.1, -0.05) is 121 Å². The minimum absolute atomic E-state index is 0.150. The summed E-state index contributed by atoms with van der Waals surface area (Å²) in [6.45, 7) is 7.76. The highest BCUT2D eigenvalue weighted by Crippen LogP contribution is 2.37. The van der Waals surface area contributed by atoms with Crippen molar-refractivity contribution in [3.8, 4) is 0 Å². The molecular formula is C28H40Cl6N2O11Si. The molecule has 20 heteroatoms. The van der Waals surface area contributed by atoms with Gasteiger partial charge in [-0.05, 0) is 23.7 Å². The molecule has 1 aromatic rings. The minimum atomic E-state index is -2.35. The van der Waals surface area contributed by atoms with Crippen molar-refractivity contribution in [3.05, 3.63) is 35.9 Å². The van der Waals surface area contributed by atoms with Crippen LogP contribution in [0.3, 0.4) is 0 Å². The summed E-state index contributed by atoms with van der Waals surface area (Å²) >= 11 is 33.9. The molecule has 0 bridgehead atoms. The molecule has 1 fully saturated rings. The van der Waals surface area contributed by atoms with Crippen LogP contribution in [0, 0.1) is 0 Å². The van der Waals surface area contributed by atoms with Crippen molar-refractivity contribution < 1.29 is 52.7 Å². The van der Waals surface area contributed by atoms with Gasteiger partial charge < -0.3 is 49.0 Å². The number of alkyl carbamates (subject to hydrolysis) is 2. The number of alkyl halides is 6. The van der Waals surface area contributed by atoms with Crippen LogP contribution in [-0.4, -0.2) is 107 Å². The molecule has 0 radical (unpaired) electrons. The lowest BCUT2D eigenvalue weighted by molar-refractivity contribution is -0.269. The van der Waals surface area contributed by atoms with Gasteiger partial charge in [-0.3, -0.25) is 0 Å². The summed E-state index contributed by atoms with van der Waals surface area (Å²) in [5.41, 5.74) is 0.652. The Bertz CT molecular complexity index is 1200. The van der Waals surface area contributed by atoms with E-state index >= 15 is 0 Å². The average molecular weight is 821 g/mol. The van der Waals surface area contributed by atoms with Gasteiger partial charge in [0.15, 0.2) is 20.6 Å². The molecule has 1 heterocycles. The number of aliphatic hydroxyl groups excluding tert-OH is 2. The van der Waals surface area contributed by atoms with Crippen molar-refractivity contribution in [2.45, 2.75) is 89.8 Å². The van der Waals surface area contributed by atoms with E-state index < -0.39 is 90.6 Å². The van der Waals surface area contributed by atoms with E-state index in [4.69, 9.17) is 97.7 Å². The number of nitrogens with one attached hydrogen (secondary N) is 2. The molecule has 48 heavy (non-hydrogen) atoms. The third-order valence-corrected chi connectivity index (χ3v) is 12.5. The first-order valence-electron chi connectivity index (χ1n) is 14.5. The molecule has 274 valence electrons. The second-order valence-corrected chi connectivity index (χ2v) is 22.1. The third-order valence-electron chi connectivity index (χ3n) is 7.36. The summed E-state index contributed by atoms with van der Waals surface area (Å²) in [4.78, 5) is 38.2. The lowest BCUT2D eigenvalue weighted by Crippen LogP contribution is -2.65. The first-order valence-corrected chi connectivity index (χ1v) is 19.6. The fourth-order valence-corrected chi connectivity index (χ4v) is 5.06. The fourth-order valence-electron chi connectivity index (χ4n) is 3.72. The topological polar surface area (TPSA) is 171 Å². The Morgan fingerprint density at radius 3 is 2.00 bits per heavy atom. The van der Waals surface area contributed by atoms with Crippen LogP contribution in [0.2, 0.25) is 18.1 Å². The number of benzene rings is 1. The van der Waals surface area contributed by atoms with Crippen molar-refractivity contribution in [1.82, 2.24) is 10.6 Å². The summed E-state index contributed by atoms with van der Waals surface area (Å²) < 4.78 is 29.2. The van der Waals surface area contributed by atoms with Crippen LogP contribution in [0.15, 0.2) is 30.3 Å². The van der Waals surface area contributed by atoms with Crippen LogP contribution in [0.5, 0.6) is 0 Å². The van der Waals surface area contributed by atoms with E-state index in [1.807, 2.05) is 33.9 Å². The lowest BCUT2D eigenvalue weighted by atomic mass is 9.97. The van der Waals surface area contributed by atoms with Crippen LogP contribution in [0.4, 0.5) is 9.59 Å². The van der Waals surface area contributed by atoms with Crippen molar-refractivity contribution in [3.63, 3.8) is 0 Å². The molecule has 1 saturated heterocycles. The molecule has 4 N–H and O–H groups in total. The zero-order valence-corrected chi connectivity index (χ0v) is 32.3. The van der Waals surface area contributed by atoms with Crippen molar-refractivity contribution in [2.24, 2.45) is 0 Å². The van der Waals surface area contributed by atoms with Crippen molar-refractivity contribution in [1.29, 1.82) is 0 Å². The van der Waals surface area contributed by atoms with Gasteiger partial charge in [0.25, 0.3) is 0 Å². The number of carbonyl (C=O) groups is 3. The Kier molecular flexibility index (Phi) is 16.6. The molecule has 1 aromatic carbocycles. The molecule has 6 atom stereocenters. The van der Waals surface area contributed by atoms with Crippen LogP contribution in [0.1, 0.15) is 26.3 Å². The Morgan fingerprint density at radius 1 is 0.896 bits per heavy atom. The van der Waals surface area contributed by atoms with Gasteiger partial charge >= 0.3 is 18.2 Å². The molecule has 0 aliphatic carbocycles. The number of aliphatic hydroxyl groups is 2. The molecule has 2 amide bonds. The van der Waals surface area contributed by atoms with Gasteiger partial charge in [-0.25, -0.2) is 14.4 Å². The number of rotatable bonds is 13. The normalized spacial score (nSPS) is 22.7. The molecule has 0 aromatic heterocycles. The maximum absolute atomic E-state index is 13.1. The second kappa shape index (κ2) is 18.5. The summed E-state index contributed by atoms with van der Waals surface area (Å²) in [7, 11) is -2.35. The van der Waals surface area contributed by atoms with E-state index in [2.05, 4.69) is 10.6 Å². The highest BCUT2D eigenvalue weighted by molar-refractivity contribution is 6.74. The van der Waals surface area contributed by atoms with Crippen LogP contribution in [0.25, 0.3) is 0 Å². The molecule has 1 aliphatic heterocycles. The van der Waals surface area contributed by atoms with E-state index in [9.17, 15) is 24.6 Å². The van der Waals surface area contributed by atoms with Gasteiger partial charge in [0.1, 0.15) is 44.2 Å². The molecular weight excluding hydrogens is 781 g/mol. The number of amides is 2. The predicted octanol–water partition coefficient (Wildman–Crippen LogP) is 5.14. The number of halogens is 6. The van der Waals surface area contributed by atoms with Gasteiger partial charge in [0, 0.05) is 0 Å². The monoisotopic (exact) mass is 818 g/mol. The molecule has 2 rings (SSSR count). The fraction of sp³-hybridized carbons (Fsp3) is 0.679. The third kappa shape index (κ3) is 15.1. The molecule has 1 aliphatic rings. The highest BCUT2D eigenvalue weighted by Gasteiger charge is 2.48. The summed E-state index contributed by atoms with van der Waals surface area (Å²) in [5, 5.41) is 26.4. The van der Waals surface area contributed by atoms with E-state index in [0.29, 0.717) is 5.56 Å². The van der Waals surface area contributed by atoms with Crippen LogP contribution < -0.4 is 10.6 Å². The lowest BCUT2D eigenvalue weighted by Gasteiger charge is -2.44. The average Bonchev–Trinajstić information content (AvgIpc) is 2.97. The summed E-state index contributed by atoms with van der Waals surface area (Å²) in [5.74, 6) is -0.953. The zero-order valence-electron chi connectivity index (χ0n) is 26.7. The van der Waals surface area contributed by atoms with Gasteiger partial charge in [0.2, 0.25) is 7.59 Å². The van der Waals surface area contributed by atoms with E-state index in [-0.39, 0.29) is 18.3 Å².